The zero-order valence-electron chi connectivity index (χ0n) is 63.2. The maximum absolute atomic E-state index is 12.8. The first kappa shape index (κ1) is 127. The third kappa shape index (κ3) is 59.0. The first-order valence-corrected chi connectivity index (χ1v) is 32.2. The number of carboxylic acid groups (broad SMARTS) is 11. The smallest absolute Gasteiger partial charge is 0.432 e. The van der Waals surface area contributed by atoms with Gasteiger partial charge in [-0.3, -0.25) is 28.8 Å². The molecule has 2 unspecified atom stereocenters. The van der Waals surface area contributed by atoms with Crippen molar-refractivity contribution in [2.45, 2.75) is 132 Å². The largest absolute Gasteiger partial charge is 0.481 e. The summed E-state index contributed by atoms with van der Waals surface area (Å²) in [5, 5.41) is 98.6. The normalized spacial score (nSPS) is 12.2. The number of amides is 1. The number of hydrogen-bond donors (Lipinski definition) is 13. The maximum atomic E-state index is 12.8. The molecule has 0 saturated carbocycles. The highest BCUT2D eigenvalue weighted by atomic mass is 35.5. The summed E-state index contributed by atoms with van der Waals surface area (Å²) in [6, 6.07) is 18.4. The second-order valence-electron chi connectivity index (χ2n) is 22.8. The topological polar surface area (TPSA) is 478 Å². The van der Waals surface area contributed by atoms with E-state index >= 15 is 0 Å². The third-order valence-electron chi connectivity index (χ3n) is 12.4. The van der Waals surface area contributed by atoms with Gasteiger partial charge in [0.1, 0.15) is 47.5 Å². The van der Waals surface area contributed by atoms with Gasteiger partial charge in [0.2, 0.25) is 5.91 Å². The molecule has 0 radical (unpaired) electrons. The van der Waals surface area contributed by atoms with E-state index in [9.17, 15) is 202 Å². The molecule has 5 rings (SSSR count). The number of carboxylic acids is 11. The summed E-state index contributed by atoms with van der Waals surface area (Å²) in [7, 11) is 0.717. The van der Waals surface area contributed by atoms with E-state index in [0.29, 0.717) is 26.2 Å². The fourth-order valence-electron chi connectivity index (χ4n) is 6.65. The molecule has 2 atom stereocenters. The van der Waals surface area contributed by atoms with Crippen LogP contribution in [0.3, 0.4) is 0 Å². The Morgan fingerprint density at radius 2 is 0.876 bits per heavy atom. The number of benzene rings is 5. The standard InChI is InChI=1S/C10H9F3O3.C8H4ClF3O2.C8H6F2O3.2C7H4F2O2.C6H8F3NO3.C5H4F6O3.C5H7F3O2.C5H5F3O2.C4H5F3O2.C3H3F3O2/c1-16-9(8(14)15,10(11,12)13)7-5-3-2-4-6-7;9-6-2-1-4(7(13)14)3-5(6)8(10,11)12;9-8(10)13-6-3-1-5(2-4-6)7(11)12;8-5-1-4(7(10)11)2-6(9)3-5;8-4-2-1-3-5(9)6(4)7(10)11;7-6(8,9)3-10-4(11)1-2-5(12)13;6-4(7,8)3(14,1-2(12)13)5(9,10)11;1-3(4(9)10)2-5(6,7)8;1-3(2-4(9)10)5(6,7)8;5-4(6,7)2-1-3(8)9;4-3(5,6)1-2(7)8/h2-6H,1H3,(H,14,15);1-3H,(H,13,14);1-4,8H,(H,11,12);2*1-3H,(H,10,11);1-3H2,(H,10,11)(H,12,13);14H,1H2,(H,12,13);3H,2H2,1H3,(H,9,10);2H,1H3,(H,9,10);1-2H2,(H,8,9);1H2,(H,7,8)/b;;;;;;;;3-2+;;. The molecule has 0 spiro atoms. The van der Waals surface area contributed by atoms with Gasteiger partial charge in [0.05, 0.1) is 65.3 Å². The first-order chi connectivity index (χ1) is 57.7. The van der Waals surface area contributed by atoms with Crippen molar-refractivity contribution < 1.29 is 273 Å². The Labute approximate surface area is 700 Å². The van der Waals surface area contributed by atoms with Crippen molar-refractivity contribution in [3.63, 3.8) is 0 Å². The van der Waals surface area contributed by atoms with Gasteiger partial charge in [0, 0.05) is 36.8 Å². The highest BCUT2D eigenvalue weighted by Crippen LogP contribution is 2.46. The number of methoxy groups -OCH3 is 1. The van der Waals surface area contributed by atoms with Crippen molar-refractivity contribution >= 4 is 83.2 Å². The molecule has 61 heteroatoms. The van der Waals surface area contributed by atoms with Gasteiger partial charge in [0.25, 0.3) is 11.2 Å². The second-order valence-corrected chi connectivity index (χ2v) is 23.2. The molecule has 0 fully saturated rings. The van der Waals surface area contributed by atoms with Crippen LogP contribution in [0.4, 0.5) is 145 Å². The quantitative estimate of drug-likeness (QED) is 0.0240. The number of ether oxygens (including phenoxy) is 2. The van der Waals surface area contributed by atoms with Crippen LogP contribution in [0.5, 0.6) is 5.75 Å². The van der Waals surface area contributed by atoms with Crippen molar-refractivity contribution in [3.05, 3.63) is 183 Å². The predicted molar refractivity (Wildman–Crippen MR) is 360 cm³/mol. The number of hydrogen-bond acceptors (Lipinski definition) is 15. The molecule has 0 saturated heterocycles. The Bertz CT molecular complexity index is 4400. The number of nitrogens with one attached hydrogen (secondary N) is 1. The first-order valence-electron chi connectivity index (χ1n) is 31.9. The van der Waals surface area contributed by atoms with E-state index in [0.717, 1.165) is 61.5 Å². The van der Waals surface area contributed by atoms with Gasteiger partial charge < -0.3 is 76.1 Å². The number of aliphatic hydroxyl groups is 1. The number of aliphatic carboxylic acids is 7. The molecule has 730 valence electrons. The van der Waals surface area contributed by atoms with Crippen LogP contribution >= 0.6 is 11.6 Å². The Hall–Kier alpha value is -12.8. The molecule has 0 bridgehead atoms. The van der Waals surface area contributed by atoms with Crippen LogP contribution in [0, 0.1) is 29.2 Å². The van der Waals surface area contributed by atoms with Crippen molar-refractivity contribution in [2.75, 3.05) is 13.7 Å². The second kappa shape index (κ2) is 55.7. The van der Waals surface area contributed by atoms with Gasteiger partial charge in [-0.15, -0.1) is 0 Å². The van der Waals surface area contributed by atoms with Gasteiger partial charge in [-0.05, 0) is 73.7 Å². The van der Waals surface area contributed by atoms with Gasteiger partial charge in [-0.1, -0.05) is 54.9 Å². The molecule has 0 aliphatic rings. The zero-order chi connectivity index (χ0) is 103. The Morgan fingerprint density at radius 1 is 0.457 bits per heavy atom. The number of carbonyl (C=O) groups excluding carboxylic acids is 1. The number of halogens is 34. The van der Waals surface area contributed by atoms with Gasteiger partial charge in [0.15, 0.2) is 0 Å². The van der Waals surface area contributed by atoms with E-state index in [-0.39, 0.29) is 23.0 Å². The minimum atomic E-state index is -6.08. The fraction of sp³-hybridized carbons (Fsp3) is 0.353. The van der Waals surface area contributed by atoms with Crippen molar-refractivity contribution in [3.8, 4) is 5.75 Å². The van der Waals surface area contributed by atoms with Crippen molar-refractivity contribution in [2.24, 2.45) is 5.92 Å². The van der Waals surface area contributed by atoms with Crippen LogP contribution in [0.25, 0.3) is 0 Å². The van der Waals surface area contributed by atoms with E-state index in [1.54, 1.807) is 5.32 Å². The lowest BCUT2D eigenvalue weighted by Crippen LogP contribution is -2.57. The number of alkyl halides is 29. The summed E-state index contributed by atoms with van der Waals surface area (Å²) < 4.78 is 396. The molecule has 0 aliphatic carbocycles. The monoisotopic (exact) mass is 1970 g/mol. The molecule has 1 amide bonds. The average Bonchev–Trinajstić information content (AvgIpc) is 0.764. The van der Waals surface area contributed by atoms with Crippen LogP contribution < -0.4 is 10.1 Å². The van der Waals surface area contributed by atoms with Gasteiger partial charge >= 0.3 is 128 Å². The highest BCUT2D eigenvalue weighted by molar-refractivity contribution is 6.31. The minimum absolute atomic E-state index is 0.0293. The SMILES string of the molecule is C/C(=C\C(=O)O)C(F)(F)F.CC(CC(F)(F)F)C(=O)O.COC(C(=O)O)(c1ccccc1)C(F)(F)F.O=C(O)CC(F)(F)F.O=C(O)CC(O)(C(F)(F)F)C(F)(F)F.O=C(O)CCC(=O)NCC(F)(F)F.O=C(O)CCC(F)(F)F.O=C(O)c1c(F)cccc1F.O=C(O)c1cc(F)cc(F)c1.O=C(O)c1ccc(Cl)c(C(F)(F)F)c1.O=C(O)c1ccc(OC(F)F)cc1. The summed E-state index contributed by atoms with van der Waals surface area (Å²) in [5.41, 5.74) is -12.9. The van der Waals surface area contributed by atoms with Crippen LogP contribution in [0.15, 0.2) is 121 Å². The van der Waals surface area contributed by atoms with Crippen LogP contribution in [0.1, 0.15) is 111 Å². The summed E-state index contributed by atoms with van der Waals surface area (Å²) in [4.78, 5) is 120. The Kier molecular flexibility index (Phi) is 54.8. The lowest BCUT2D eigenvalue weighted by atomic mass is 9.93. The molecule has 5 aromatic rings. The van der Waals surface area contributed by atoms with E-state index < -0.39 is 258 Å². The molecule has 0 aliphatic heterocycles. The summed E-state index contributed by atoms with van der Waals surface area (Å²) in [6.07, 6.45) is -52.5. The molecular weight excluding hydrogens is 1910 g/mol. The molecule has 0 aromatic heterocycles. The predicted octanol–water partition coefficient (Wildman–Crippen LogP) is 18.1. The number of allylic oxidation sites excluding steroid dienone is 1. The number of aromatic carboxylic acids is 4. The molecule has 0 heterocycles. The Morgan fingerprint density at radius 3 is 1.12 bits per heavy atom. The summed E-state index contributed by atoms with van der Waals surface area (Å²) in [5.74, 6) is -23.7. The summed E-state index contributed by atoms with van der Waals surface area (Å²) >= 11 is 5.27. The average molecular weight is 1970 g/mol. The van der Waals surface area contributed by atoms with E-state index in [2.05, 4.69) is 9.47 Å². The highest BCUT2D eigenvalue weighted by Gasteiger charge is 2.71. The van der Waals surface area contributed by atoms with Crippen LogP contribution in [-0.4, -0.2) is 208 Å². The molecule has 27 nitrogen and oxygen atoms in total. The molecule has 129 heavy (non-hydrogen) atoms. The van der Waals surface area contributed by atoms with Crippen molar-refractivity contribution in [1.82, 2.24) is 5.32 Å². The summed E-state index contributed by atoms with van der Waals surface area (Å²) in [6.45, 7) is -2.59. The van der Waals surface area contributed by atoms with Crippen LogP contribution in [0.2, 0.25) is 5.02 Å². The fourth-order valence-corrected chi connectivity index (χ4v) is 6.87. The zero-order valence-corrected chi connectivity index (χ0v) is 64.0. The van der Waals surface area contributed by atoms with Gasteiger partial charge in [-0.2, -0.15) is 127 Å². The number of carbonyl (C=O) groups is 12. The molecule has 13 N–H and O–H groups in total. The molecule has 5 aromatic carbocycles. The van der Waals surface area contributed by atoms with E-state index in [1.807, 2.05) is 0 Å². The van der Waals surface area contributed by atoms with Crippen molar-refractivity contribution in [1.29, 1.82) is 0 Å². The Balaban J connectivity index is -0.000000324. The van der Waals surface area contributed by atoms with E-state index in [1.165, 1.54) is 42.5 Å². The maximum Gasteiger partial charge on any atom is 0.432 e. The van der Waals surface area contributed by atoms with Gasteiger partial charge in [-0.25, -0.2) is 46.3 Å². The van der Waals surface area contributed by atoms with E-state index in [4.69, 9.17) is 72.9 Å². The van der Waals surface area contributed by atoms with Crippen LogP contribution in [-0.2, 0) is 54.9 Å². The minimum Gasteiger partial charge on any atom is -0.481 e. The molecular formula is C68H59ClF33NO26. The number of rotatable bonds is 21. The lowest BCUT2D eigenvalue weighted by molar-refractivity contribution is -0.368. The third-order valence-corrected chi connectivity index (χ3v) is 12.8. The lowest BCUT2D eigenvalue weighted by Gasteiger charge is -2.30.